The zero-order valence-electron chi connectivity index (χ0n) is 16.4. The molecule has 28 heavy (non-hydrogen) atoms. The number of ether oxygens (including phenoxy) is 2. The molecule has 0 amide bonds. The molecule has 2 aromatic rings. The predicted molar refractivity (Wildman–Crippen MR) is 102 cm³/mol. The standard InChI is InChI=1S/C20H26F3N3O2/c1-4-6-7-8-12-28-18-17(20(21,22)23)14-24-19(25-18)26(3)15-10-9-11-16(13-15)27-5-2/h9-11,13-14H,4-8,12H2,1-3H3. The zero-order chi connectivity index (χ0) is 20.6. The number of hydrogen-bond donors (Lipinski definition) is 0. The summed E-state index contributed by atoms with van der Waals surface area (Å²) in [5.74, 6) is 0.332. The van der Waals surface area contributed by atoms with Gasteiger partial charge in [0, 0.05) is 25.0 Å². The van der Waals surface area contributed by atoms with E-state index in [0.29, 0.717) is 24.5 Å². The van der Waals surface area contributed by atoms with E-state index in [2.05, 4.69) is 16.9 Å². The third-order valence-corrected chi connectivity index (χ3v) is 4.10. The maximum atomic E-state index is 13.3. The van der Waals surface area contributed by atoms with Crippen LogP contribution >= 0.6 is 0 Å². The average Bonchev–Trinajstić information content (AvgIpc) is 2.67. The van der Waals surface area contributed by atoms with Crippen LogP contribution in [0.1, 0.15) is 45.1 Å². The Morgan fingerprint density at radius 2 is 1.86 bits per heavy atom. The number of alkyl halides is 3. The monoisotopic (exact) mass is 397 g/mol. The molecule has 5 nitrogen and oxygen atoms in total. The predicted octanol–water partition coefficient (Wildman–Crippen LogP) is 5.62. The van der Waals surface area contributed by atoms with Crippen LogP contribution < -0.4 is 14.4 Å². The van der Waals surface area contributed by atoms with Gasteiger partial charge in [0.2, 0.25) is 11.8 Å². The molecule has 0 aliphatic carbocycles. The molecule has 8 heteroatoms. The molecule has 0 atom stereocenters. The molecule has 0 saturated carbocycles. The Balaban J connectivity index is 2.24. The summed E-state index contributed by atoms with van der Waals surface area (Å²) in [6.45, 7) is 4.64. The first kappa shape index (κ1) is 21.8. The van der Waals surface area contributed by atoms with Crippen LogP contribution in [-0.4, -0.2) is 30.2 Å². The summed E-state index contributed by atoms with van der Waals surface area (Å²) < 4.78 is 50.7. The van der Waals surface area contributed by atoms with Crippen molar-refractivity contribution in [3.8, 4) is 11.6 Å². The summed E-state index contributed by atoms with van der Waals surface area (Å²) in [5.41, 5.74) is -0.275. The smallest absolute Gasteiger partial charge is 0.423 e. The van der Waals surface area contributed by atoms with Crippen molar-refractivity contribution < 1.29 is 22.6 Å². The van der Waals surface area contributed by atoms with Crippen molar-refractivity contribution in [1.82, 2.24) is 9.97 Å². The molecule has 0 fully saturated rings. The quantitative estimate of drug-likeness (QED) is 0.487. The molecular formula is C20H26F3N3O2. The largest absolute Gasteiger partial charge is 0.494 e. The van der Waals surface area contributed by atoms with E-state index in [1.807, 2.05) is 6.92 Å². The SMILES string of the molecule is CCCCCCOc1nc(N(C)c2cccc(OCC)c2)ncc1C(F)(F)F. The van der Waals surface area contributed by atoms with Crippen LogP contribution in [0.5, 0.6) is 11.6 Å². The molecule has 154 valence electrons. The van der Waals surface area contributed by atoms with Crippen LogP contribution in [0.3, 0.4) is 0 Å². The molecule has 0 aliphatic rings. The number of nitrogens with zero attached hydrogens (tertiary/aromatic N) is 3. The highest BCUT2D eigenvalue weighted by Gasteiger charge is 2.36. The minimum absolute atomic E-state index is 0.116. The summed E-state index contributed by atoms with van der Waals surface area (Å²) >= 11 is 0. The van der Waals surface area contributed by atoms with Gasteiger partial charge in [-0.1, -0.05) is 32.3 Å². The summed E-state index contributed by atoms with van der Waals surface area (Å²) in [6, 6.07) is 7.18. The first-order valence-corrected chi connectivity index (χ1v) is 9.40. The lowest BCUT2D eigenvalue weighted by Gasteiger charge is -2.20. The first-order valence-electron chi connectivity index (χ1n) is 9.40. The summed E-state index contributed by atoms with van der Waals surface area (Å²) in [7, 11) is 1.68. The van der Waals surface area contributed by atoms with Gasteiger partial charge in [0.05, 0.1) is 13.2 Å². The lowest BCUT2D eigenvalue weighted by Crippen LogP contribution is -2.17. The van der Waals surface area contributed by atoms with Gasteiger partial charge in [-0.2, -0.15) is 18.2 Å². The summed E-state index contributed by atoms with van der Waals surface area (Å²) in [5, 5.41) is 0. The number of hydrogen-bond acceptors (Lipinski definition) is 5. The normalized spacial score (nSPS) is 11.4. The van der Waals surface area contributed by atoms with Crippen LogP contribution in [0.25, 0.3) is 0 Å². The third kappa shape index (κ3) is 6.00. The highest BCUT2D eigenvalue weighted by molar-refractivity contribution is 5.59. The molecule has 0 N–H and O–H groups in total. The van der Waals surface area contributed by atoms with E-state index in [1.54, 1.807) is 36.2 Å². The Kier molecular flexibility index (Phi) is 7.90. The second kappa shape index (κ2) is 10.1. The highest BCUT2D eigenvalue weighted by atomic mass is 19.4. The third-order valence-electron chi connectivity index (χ3n) is 4.10. The van der Waals surface area contributed by atoms with E-state index < -0.39 is 17.6 Å². The average molecular weight is 397 g/mol. The fourth-order valence-corrected chi connectivity index (χ4v) is 2.59. The van der Waals surface area contributed by atoms with E-state index in [-0.39, 0.29) is 12.6 Å². The molecule has 0 spiro atoms. The Morgan fingerprint density at radius 1 is 1.07 bits per heavy atom. The molecule has 0 saturated heterocycles. The highest BCUT2D eigenvalue weighted by Crippen LogP contribution is 2.36. The number of aromatic nitrogens is 2. The van der Waals surface area contributed by atoms with Crippen molar-refractivity contribution in [2.45, 2.75) is 45.7 Å². The Labute approximate surface area is 163 Å². The Morgan fingerprint density at radius 3 is 2.54 bits per heavy atom. The summed E-state index contributed by atoms with van der Waals surface area (Å²) in [4.78, 5) is 9.52. The van der Waals surface area contributed by atoms with Crippen molar-refractivity contribution in [3.05, 3.63) is 36.0 Å². The van der Waals surface area contributed by atoms with E-state index in [9.17, 15) is 13.2 Å². The van der Waals surface area contributed by atoms with E-state index in [4.69, 9.17) is 9.47 Å². The van der Waals surface area contributed by atoms with E-state index >= 15 is 0 Å². The molecule has 0 radical (unpaired) electrons. The van der Waals surface area contributed by atoms with Gasteiger partial charge in [-0.25, -0.2) is 4.98 Å². The topological polar surface area (TPSA) is 47.5 Å². The number of unbranched alkanes of at least 4 members (excludes halogenated alkanes) is 3. The summed E-state index contributed by atoms with van der Waals surface area (Å²) in [6.07, 6.45) is -0.172. The number of halogens is 3. The maximum Gasteiger partial charge on any atom is 0.423 e. The molecule has 1 aromatic heterocycles. The molecule has 0 aliphatic heterocycles. The molecule has 1 aromatic carbocycles. The van der Waals surface area contributed by atoms with Gasteiger partial charge in [0.1, 0.15) is 11.3 Å². The maximum absolute atomic E-state index is 13.3. The molecule has 0 unspecified atom stereocenters. The minimum Gasteiger partial charge on any atom is -0.494 e. The van der Waals surface area contributed by atoms with Crippen LogP contribution in [0.15, 0.2) is 30.5 Å². The lowest BCUT2D eigenvalue weighted by atomic mass is 10.2. The Hall–Kier alpha value is -2.51. The van der Waals surface area contributed by atoms with Gasteiger partial charge in [-0.3, -0.25) is 0 Å². The van der Waals surface area contributed by atoms with Crippen molar-refractivity contribution in [2.24, 2.45) is 0 Å². The van der Waals surface area contributed by atoms with Gasteiger partial charge in [-0.05, 0) is 25.5 Å². The van der Waals surface area contributed by atoms with Crippen molar-refractivity contribution in [3.63, 3.8) is 0 Å². The van der Waals surface area contributed by atoms with Crippen LogP contribution in [-0.2, 0) is 6.18 Å². The molecule has 2 rings (SSSR count). The van der Waals surface area contributed by atoms with Gasteiger partial charge >= 0.3 is 6.18 Å². The Bertz CT molecular complexity index is 754. The minimum atomic E-state index is -4.58. The first-order chi connectivity index (χ1) is 13.4. The fourth-order valence-electron chi connectivity index (χ4n) is 2.59. The molecular weight excluding hydrogens is 371 g/mol. The van der Waals surface area contributed by atoms with Gasteiger partial charge in [-0.15, -0.1) is 0 Å². The molecule has 0 bridgehead atoms. The van der Waals surface area contributed by atoms with Gasteiger partial charge in [0.25, 0.3) is 0 Å². The molecule has 1 heterocycles. The lowest BCUT2D eigenvalue weighted by molar-refractivity contribution is -0.139. The van der Waals surface area contributed by atoms with Crippen LogP contribution in [0.4, 0.5) is 24.8 Å². The van der Waals surface area contributed by atoms with E-state index in [0.717, 1.165) is 25.5 Å². The second-order valence-electron chi connectivity index (χ2n) is 6.29. The van der Waals surface area contributed by atoms with Crippen molar-refractivity contribution in [1.29, 1.82) is 0 Å². The zero-order valence-corrected chi connectivity index (χ0v) is 16.4. The number of rotatable bonds is 10. The van der Waals surface area contributed by atoms with Gasteiger partial charge in [0.15, 0.2) is 0 Å². The van der Waals surface area contributed by atoms with Crippen LogP contribution in [0, 0.1) is 0 Å². The van der Waals surface area contributed by atoms with Crippen molar-refractivity contribution >= 4 is 11.6 Å². The van der Waals surface area contributed by atoms with Crippen LogP contribution in [0.2, 0.25) is 0 Å². The fraction of sp³-hybridized carbons (Fsp3) is 0.500. The van der Waals surface area contributed by atoms with Gasteiger partial charge < -0.3 is 14.4 Å². The van der Waals surface area contributed by atoms with Crippen molar-refractivity contribution in [2.75, 3.05) is 25.2 Å². The number of anilines is 2. The second-order valence-corrected chi connectivity index (χ2v) is 6.29. The number of benzene rings is 1. The van der Waals surface area contributed by atoms with E-state index in [1.165, 1.54) is 0 Å².